The lowest BCUT2D eigenvalue weighted by Crippen LogP contribution is -2.30. The Balaban J connectivity index is 1.66. The van der Waals surface area contributed by atoms with Gasteiger partial charge in [-0.3, -0.25) is 9.59 Å². The van der Waals surface area contributed by atoms with Crippen LogP contribution < -0.4 is 10.1 Å². The quantitative estimate of drug-likeness (QED) is 0.587. The van der Waals surface area contributed by atoms with E-state index in [1.807, 2.05) is 49.4 Å². The number of carbonyl (C=O) groups excluding carboxylic acids is 2. The van der Waals surface area contributed by atoms with Crippen molar-refractivity contribution in [2.45, 2.75) is 32.8 Å². The Bertz CT molecular complexity index is 700. The van der Waals surface area contributed by atoms with Crippen molar-refractivity contribution in [3.63, 3.8) is 0 Å². The van der Waals surface area contributed by atoms with E-state index in [1.165, 1.54) is 0 Å². The molecule has 2 aromatic rings. The molecule has 5 nitrogen and oxygen atoms in total. The van der Waals surface area contributed by atoms with Crippen molar-refractivity contribution in [1.29, 1.82) is 0 Å². The minimum atomic E-state index is -0.842. The smallest absolute Gasteiger partial charge is 0.306 e. The van der Waals surface area contributed by atoms with E-state index in [2.05, 4.69) is 5.32 Å². The first-order valence-electron chi connectivity index (χ1n) is 8.29. The number of rotatable bonds is 8. The summed E-state index contributed by atoms with van der Waals surface area (Å²) < 4.78 is 10.7. The number of benzene rings is 2. The van der Waals surface area contributed by atoms with E-state index in [0.29, 0.717) is 18.7 Å². The summed E-state index contributed by atoms with van der Waals surface area (Å²) in [6.45, 7) is 3.97. The highest BCUT2D eigenvalue weighted by Gasteiger charge is 2.17. The van der Waals surface area contributed by atoms with Crippen molar-refractivity contribution in [1.82, 2.24) is 0 Å². The van der Waals surface area contributed by atoms with Crippen LogP contribution in [0.25, 0.3) is 0 Å². The van der Waals surface area contributed by atoms with Crippen LogP contribution in [0.4, 0.5) is 5.69 Å². The van der Waals surface area contributed by atoms with E-state index >= 15 is 0 Å². The normalized spacial score (nSPS) is 11.4. The highest BCUT2D eigenvalue weighted by atomic mass is 16.5. The fourth-order valence-corrected chi connectivity index (χ4v) is 2.19. The Morgan fingerprint density at radius 1 is 1.08 bits per heavy atom. The minimum Gasteiger partial charge on any atom is -0.494 e. The second-order valence-corrected chi connectivity index (χ2v) is 5.76. The number of amides is 1. The van der Waals surface area contributed by atoms with Gasteiger partial charge in [0.2, 0.25) is 0 Å². The second kappa shape index (κ2) is 9.47. The molecule has 1 atom stereocenters. The Morgan fingerprint density at radius 3 is 2.56 bits per heavy atom. The summed E-state index contributed by atoms with van der Waals surface area (Å²) in [5, 5.41) is 2.70. The summed E-state index contributed by atoms with van der Waals surface area (Å²) in [6, 6.07) is 16.8. The summed E-state index contributed by atoms with van der Waals surface area (Å²) in [4.78, 5) is 23.8. The summed E-state index contributed by atoms with van der Waals surface area (Å²) in [5.41, 5.74) is 1.79. The molecule has 132 valence electrons. The zero-order valence-corrected chi connectivity index (χ0v) is 14.5. The zero-order valence-electron chi connectivity index (χ0n) is 14.5. The largest absolute Gasteiger partial charge is 0.494 e. The average Bonchev–Trinajstić information content (AvgIpc) is 2.59. The molecule has 0 fully saturated rings. The predicted octanol–water partition coefficient (Wildman–Crippen LogP) is 3.72. The molecule has 0 bridgehead atoms. The van der Waals surface area contributed by atoms with Gasteiger partial charge in [0.05, 0.1) is 6.61 Å². The maximum atomic E-state index is 12.0. The van der Waals surface area contributed by atoms with E-state index in [-0.39, 0.29) is 12.3 Å². The van der Waals surface area contributed by atoms with Gasteiger partial charge in [-0.05, 0) is 50.1 Å². The molecule has 25 heavy (non-hydrogen) atoms. The van der Waals surface area contributed by atoms with Gasteiger partial charge >= 0.3 is 5.97 Å². The number of esters is 1. The topological polar surface area (TPSA) is 64.6 Å². The summed E-state index contributed by atoms with van der Waals surface area (Å²) in [7, 11) is 0. The van der Waals surface area contributed by atoms with Gasteiger partial charge in [-0.15, -0.1) is 0 Å². The van der Waals surface area contributed by atoms with E-state index < -0.39 is 12.1 Å². The number of nitrogens with one attached hydrogen (secondary N) is 1. The van der Waals surface area contributed by atoms with Gasteiger partial charge in [-0.2, -0.15) is 0 Å². The van der Waals surface area contributed by atoms with Crippen LogP contribution in [0.5, 0.6) is 5.75 Å². The monoisotopic (exact) mass is 341 g/mol. The van der Waals surface area contributed by atoms with E-state index in [9.17, 15) is 9.59 Å². The fraction of sp³-hybridized carbons (Fsp3) is 0.300. The van der Waals surface area contributed by atoms with E-state index in [1.54, 1.807) is 19.1 Å². The first-order valence-corrected chi connectivity index (χ1v) is 8.29. The first kappa shape index (κ1) is 18.5. The van der Waals surface area contributed by atoms with Crippen molar-refractivity contribution in [3.05, 3.63) is 60.2 Å². The van der Waals surface area contributed by atoms with Crippen LogP contribution in [-0.2, 0) is 14.3 Å². The molecule has 0 saturated carbocycles. The lowest BCUT2D eigenvalue weighted by atomic mass is 10.2. The Morgan fingerprint density at radius 2 is 1.84 bits per heavy atom. The zero-order chi connectivity index (χ0) is 18.1. The van der Waals surface area contributed by atoms with Gasteiger partial charge in [-0.1, -0.05) is 30.3 Å². The highest BCUT2D eigenvalue weighted by Crippen LogP contribution is 2.13. The van der Waals surface area contributed by atoms with Crippen molar-refractivity contribution in [2.24, 2.45) is 0 Å². The molecule has 1 amide bonds. The third-order valence-corrected chi connectivity index (χ3v) is 3.50. The predicted molar refractivity (Wildman–Crippen MR) is 96.5 cm³/mol. The van der Waals surface area contributed by atoms with Crippen LogP contribution in [0.3, 0.4) is 0 Å². The molecule has 0 radical (unpaired) electrons. The fourth-order valence-electron chi connectivity index (χ4n) is 2.19. The van der Waals surface area contributed by atoms with E-state index in [4.69, 9.17) is 9.47 Å². The lowest BCUT2D eigenvalue weighted by Gasteiger charge is -2.13. The standard InChI is InChI=1S/C20H23NO4/c1-15-8-6-11-18(14-15)24-13-7-12-19(22)25-16(2)20(23)21-17-9-4-3-5-10-17/h3-6,8-11,14,16H,7,12-13H2,1-2H3,(H,21,23)/t16-/m1/s1. The summed E-state index contributed by atoms with van der Waals surface area (Å²) in [6.07, 6.45) is -0.111. The highest BCUT2D eigenvalue weighted by molar-refractivity contribution is 5.95. The van der Waals surface area contributed by atoms with Crippen LogP contribution in [-0.4, -0.2) is 24.6 Å². The van der Waals surface area contributed by atoms with Crippen LogP contribution in [0.1, 0.15) is 25.3 Å². The molecular formula is C20H23NO4. The van der Waals surface area contributed by atoms with Crippen molar-refractivity contribution in [3.8, 4) is 5.75 Å². The number of aryl methyl sites for hydroxylation is 1. The molecule has 0 unspecified atom stereocenters. The molecule has 0 heterocycles. The number of para-hydroxylation sites is 1. The third-order valence-electron chi connectivity index (χ3n) is 3.50. The van der Waals surface area contributed by atoms with Crippen LogP contribution >= 0.6 is 0 Å². The first-order chi connectivity index (χ1) is 12.0. The Kier molecular flexibility index (Phi) is 7.01. The SMILES string of the molecule is Cc1cccc(OCCCC(=O)O[C@H](C)C(=O)Nc2ccccc2)c1. The molecule has 2 aromatic carbocycles. The summed E-state index contributed by atoms with van der Waals surface area (Å²) in [5.74, 6) is 0.0167. The molecule has 1 N–H and O–H groups in total. The maximum absolute atomic E-state index is 12.0. The lowest BCUT2D eigenvalue weighted by molar-refractivity contribution is -0.153. The molecule has 0 aliphatic rings. The third kappa shape index (κ3) is 6.67. The van der Waals surface area contributed by atoms with Gasteiger partial charge in [0.25, 0.3) is 5.91 Å². The minimum absolute atomic E-state index is 0.203. The van der Waals surface area contributed by atoms with Crippen LogP contribution in [0.2, 0.25) is 0 Å². The van der Waals surface area contributed by atoms with Gasteiger partial charge < -0.3 is 14.8 Å². The number of carbonyl (C=O) groups is 2. The molecule has 0 aliphatic carbocycles. The number of anilines is 1. The van der Waals surface area contributed by atoms with Gasteiger partial charge in [0, 0.05) is 12.1 Å². The Hall–Kier alpha value is -2.82. The van der Waals surface area contributed by atoms with Gasteiger partial charge in [0.15, 0.2) is 6.10 Å². The second-order valence-electron chi connectivity index (χ2n) is 5.76. The molecule has 0 aliphatic heterocycles. The molecule has 2 rings (SSSR count). The molecular weight excluding hydrogens is 318 g/mol. The van der Waals surface area contributed by atoms with Crippen molar-refractivity contribution < 1.29 is 19.1 Å². The summed E-state index contributed by atoms with van der Waals surface area (Å²) >= 11 is 0. The molecule has 0 saturated heterocycles. The van der Waals surface area contributed by atoms with Gasteiger partial charge in [0.1, 0.15) is 5.75 Å². The molecule has 0 spiro atoms. The molecule has 0 aromatic heterocycles. The molecule has 5 heteroatoms. The van der Waals surface area contributed by atoms with E-state index in [0.717, 1.165) is 11.3 Å². The van der Waals surface area contributed by atoms with Crippen LogP contribution in [0, 0.1) is 6.92 Å². The van der Waals surface area contributed by atoms with Crippen molar-refractivity contribution in [2.75, 3.05) is 11.9 Å². The number of hydrogen-bond donors (Lipinski definition) is 1. The maximum Gasteiger partial charge on any atom is 0.306 e. The van der Waals surface area contributed by atoms with Crippen LogP contribution in [0.15, 0.2) is 54.6 Å². The van der Waals surface area contributed by atoms with Gasteiger partial charge in [-0.25, -0.2) is 0 Å². The number of ether oxygens (including phenoxy) is 2. The number of hydrogen-bond acceptors (Lipinski definition) is 4. The Labute approximate surface area is 148 Å². The average molecular weight is 341 g/mol. The van der Waals surface area contributed by atoms with Crippen molar-refractivity contribution >= 4 is 17.6 Å².